The number of amides is 5. The minimum Gasteiger partial charge on any atom is -0.444 e. The zero-order valence-corrected chi connectivity index (χ0v) is 25.4. The summed E-state index contributed by atoms with van der Waals surface area (Å²) in [5.74, 6) is -2.30. The van der Waals surface area contributed by atoms with E-state index in [0.717, 1.165) is 4.90 Å². The third-order valence-corrected chi connectivity index (χ3v) is 9.30. The number of hydrogen-bond donors (Lipinski definition) is 2. The van der Waals surface area contributed by atoms with E-state index in [1.807, 2.05) is 0 Å². The molecule has 1 aromatic carbocycles. The van der Waals surface area contributed by atoms with Crippen molar-refractivity contribution in [2.24, 2.45) is 0 Å². The monoisotopic (exact) mass is 622 g/mol. The van der Waals surface area contributed by atoms with Gasteiger partial charge in [0.15, 0.2) is 9.84 Å². The molecule has 2 saturated heterocycles. The Hall–Kier alpha value is -3.56. The highest BCUT2D eigenvalue weighted by Crippen LogP contribution is 2.32. The Morgan fingerprint density at radius 2 is 1.72 bits per heavy atom. The van der Waals surface area contributed by atoms with E-state index in [2.05, 4.69) is 10.6 Å². The number of nitrogens with zero attached hydrogens (tertiary/aromatic N) is 2. The molecule has 3 aliphatic heterocycles. The van der Waals surface area contributed by atoms with Crippen LogP contribution in [0.1, 0.15) is 60.7 Å². The number of carbonyl (C=O) groups excluding carboxylic acids is 5. The molecule has 0 radical (unpaired) electrons. The first kappa shape index (κ1) is 32.4. The van der Waals surface area contributed by atoms with Gasteiger partial charge in [-0.05, 0) is 45.7 Å². The van der Waals surface area contributed by atoms with Crippen molar-refractivity contribution in [2.45, 2.75) is 56.9 Å². The fraction of sp³-hybridized carbons (Fsp3) is 0.607. The number of rotatable bonds is 13. The summed E-state index contributed by atoms with van der Waals surface area (Å²) in [7, 11) is -3.34. The molecule has 236 valence electrons. The Bertz CT molecular complexity index is 1370. The van der Waals surface area contributed by atoms with Gasteiger partial charge in [-0.1, -0.05) is 6.07 Å². The zero-order valence-electron chi connectivity index (χ0n) is 24.6. The quantitative estimate of drug-likeness (QED) is 0.237. The lowest BCUT2D eigenvalue weighted by Crippen LogP contribution is -2.58. The van der Waals surface area contributed by atoms with Crippen molar-refractivity contribution in [3.05, 3.63) is 29.3 Å². The number of benzene rings is 1. The maximum Gasteiger partial charge on any atom is 0.410 e. The Morgan fingerprint density at radius 1 is 1.02 bits per heavy atom. The molecule has 2 fully saturated rings. The van der Waals surface area contributed by atoms with E-state index in [1.165, 1.54) is 11.0 Å². The third kappa shape index (κ3) is 7.89. The van der Waals surface area contributed by atoms with Gasteiger partial charge in [-0.25, -0.2) is 13.2 Å². The van der Waals surface area contributed by atoms with Gasteiger partial charge in [0.25, 0.3) is 11.8 Å². The molecule has 5 amide bonds. The number of likely N-dealkylation sites (tertiary alicyclic amines) is 1. The summed E-state index contributed by atoms with van der Waals surface area (Å²) in [6.07, 6.45) is -0.0507. The molecular weight excluding hydrogens is 584 g/mol. The summed E-state index contributed by atoms with van der Waals surface area (Å²) in [5.41, 5.74) is 0.169. The van der Waals surface area contributed by atoms with Gasteiger partial charge in [-0.3, -0.25) is 29.4 Å². The van der Waals surface area contributed by atoms with Crippen molar-refractivity contribution in [1.82, 2.24) is 15.1 Å². The molecule has 3 aliphatic rings. The highest BCUT2D eigenvalue weighted by molar-refractivity contribution is 7.92. The predicted octanol–water partition coefficient (Wildman–Crippen LogP) is 0.957. The van der Waals surface area contributed by atoms with E-state index in [1.54, 1.807) is 32.9 Å². The maximum atomic E-state index is 13.1. The second-order valence-corrected chi connectivity index (χ2v) is 14.0. The molecular formula is C28H38N4O10S. The van der Waals surface area contributed by atoms with Crippen LogP contribution in [0.3, 0.4) is 0 Å². The largest absolute Gasteiger partial charge is 0.444 e. The minimum absolute atomic E-state index is 0.0335. The van der Waals surface area contributed by atoms with Crippen molar-refractivity contribution in [2.75, 3.05) is 57.1 Å². The Balaban J connectivity index is 1.10. The number of ether oxygens (including phenoxy) is 3. The van der Waals surface area contributed by atoms with Crippen LogP contribution in [-0.4, -0.2) is 117 Å². The Labute approximate surface area is 250 Å². The highest BCUT2D eigenvalue weighted by Gasteiger charge is 2.45. The van der Waals surface area contributed by atoms with E-state index in [9.17, 15) is 32.4 Å². The summed E-state index contributed by atoms with van der Waals surface area (Å²) < 4.78 is 41.2. The first-order valence-corrected chi connectivity index (χ1v) is 15.9. The first-order valence-electron chi connectivity index (χ1n) is 14.2. The van der Waals surface area contributed by atoms with Gasteiger partial charge in [0.05, 0.1) is 42.0 Å². The number of piperidine rings is 1. The van der Waals surface area contributed by atoms with Gasteiger partial charge in [0.2, 0.25) is 11.8 Å². The number of carbonyl (C=O) groups is 5. The maximum absolute atomic E-state index is 13.1. The highest BCUT2D eigenvalue weighted by atomic mass is 32.2. The molecule has 1 aromatic rings. The fourth-order valence-corrected chi connectivity index (χ4v) is 6.58. The number of imide groups is 2. The van der Waals surface area contributed by atoms with Crippen LogP contribution in [0.4, 0.5) is 10.5 Å². The van der Waals surface area contributed by atoms with Crippen LogP contribution >= 0.6 is 0 Å². The van der Waals surface area contributed by atoms with Crippen molar-refractivity contribution < 1.29 is 46.6 Å². The van der Waals surface area contributed by atoms with Crippen LogP contribution < -0.4 is 10.6 Å². The van der Waals surface area contributed by atoms with Crippen molar-refractivity contribution in [3.63, 3.8) is 0 Å². The van der Waals surface area contributed by atoms with Crippen LogP contribution in [0.25, 0.3) is 0 Å². The van der Waals surface area contributed by atoms with Crippen molar-refractivity contribution in [1.29, 1.82) is 0 Å². The van der Waals surface area contributed by atoms with Gasteiger partial charge in [0, 0.05) is 38.3 Å². The Kier molecular flexibility index (Phi) is 10.1. The minimum atomic E-state index is -3.34. The summed E-state index contributed by atoms with van der Waals surface area (Å²) >= 11 is 0. The number of sulfone groups is 1. The Morgan fingerprint density at radius 3 is 2.40 bits per heavy atom. The van der Waals surface area contributed by atoms with Gasteiger partial charge in [0.1, 0.15) is 11.6 Å². The molecule has 14 nitrogen and oxygen atoms in total. The van der Waals surface area contributed by atoms with E-state index in [-0.39, 0.29) is 69.2 Å². The summed E-state index contributed by atoms with van der Waals surface area (Å²) in [4.78, 5) is 64.1. The molecule has 43 heavy (non-hydrogen) atoms. The van der Waals surface area contributed by atoms with Crippen LogP contribution in [0.2, 0.25) is 0 Å². The number of nitrogens with one attached hydrogen (secondary N) is 2. The van der Waals surface area contributed by atoms with Crippen LogP contribution in [-0.2, 0) is 33.6 Å². The second-order valence-electron chi connectivity index (χ2n) is 11.6. The summed E-state index contributed by atoms with van der Waals surface area (Å²) in [5, 5.41) is 4.68. The normalized spacial score (nSPS) is 19.3. The molecule has 0 saturated carbocycles. The molecule has 1 unspecified atom stereocenters. The van der Waals surface area contributed by atoms with Gasteiger partial charge in [-0.15, -0.1) is 0 Å². The van der Waals surface area contributed by atoms with Gasteiger partial charge in [-0.2, -0.15) is 0 Å². The van der Waals surface area contributed by atoms with Crippen LogP contribution in [0, 0.1) is 0 Å². The lowest BCUT2D eigenvalue weighted by atomic mass is 10.0. The molecule has 0 aromatic heterocycles. The van der Waals surface area contributed by atoms with Crippen LogP contribution in [0.5, 0.6) is 0 Å². The summed E-state index contributed by atoms with van der Waals surface area (Å²) in [6, 6.07) is 3.79. The zero-order chi connectivity index (χ0) is 31.4. The molecule has 1 atom stereocenters. The molecule has 15 heteroatoms. The van der Waals surface area contributed by atoms with E-state index in [4.69, 9.17) is 14.2 Å². The van der Waals surface area contributed by atoms with Crippen molar-refractivity contribution >= 4 is 45.2 Å². The first-order chi connectivity index (χ1) is 20.3. The lowest BCUT2D eigenvalue weighted by Gasteiger charge is -2.39. The fourth-order valence-electron chi connectivity index (χ4n) is 4.91. The molecule has 2 N–H and O–H groups in total. The predicted molar refractivity (Wildman–Crippen MR) is 153 cm³/mol. The standard InChI is InChI=1S/C28H38N4O10S/c1-28(2,3)42-27(37)31-16-18(17-31)43(38,39)15-5-11-40-13-14-41-12-10-29-20-7-4-6-19-23(20)26(36)32(25(19)35)21-8-9-22(33)30-24(21)34/h4,6-7,18,21,29H,5,8-17H2,1-3H3,(H,30,33,34). The van der Waals surface area contributed by atoms with E-state index >= 15 is 0 Å². The van der Waals surface area contributed by atoms with Gasteiger partial charge >= 0.3 is 6.09 Å². The van der Waals surface area contributed by atoms with Crippen LogP contribution in [0.15, 0.2) is 18.2 Å². The second kappa shape index (κ2) is 13.4. The number of fused-ring (bicyclic) bond motifs is 1. The molecule has 4 rings (SSSR count). The third-order valence-electron chi connectivity index (χ3n) is 7.13. The topological polar surface area (TPSA) is 178 Å². The molecule has 3 heterocycles. The molecule has 0 aliphatic carbocycles. The van der Waals surface area contributed by atoms with Crippen molar-refractivity contribution in [3.8, 4) is 0 Å². The van der Waals surface area contributed by atoms with E-state index < -0.39 is 56.5 Å². The molecule has 0 bridgehead atoms. The average Bonchev–Trinajstić information content (AvgIpc) is 3.13. The van der Waals surface area contributed by atoms with Gasteiger partial charge < -0.3 is 24.4 Å². The average molecular weight is 623 g/mol. The number of anilines is 1. The number of hydrogen-bond acceptors (Lipinski definition) is 11. The smallest absolute Gasteiger partial charge is 0.410 e. The molecule has 0 spiro atoms. The SMILES string of the molecule is CC(C)(C)OC(=O)N1CC(S(=O)(=O)CCCOCCOCCNc2cccc3c2C(=O)N(C2CCC(=O)NC2=O)C3=O)C1. The lowest BCUT2D eigenvalue weighted by molar-refractivity contribution is -0.136. The summed E-state index contributed by atoms with van der Waals surface area (Å²) in [6.45, 7) is 6.93. The van der Waals surface area contributed by atoms with E-state index in [0.29, 0.717) is 18.7 Å².